The van der Waals surface area contributed by atoms with Gasteiger partial charge in [0.2, 0.25) is 5.91 Å². The molecule has 0 spiro atoms. The van der Waals surface area contributed by atoms with Crippen molar-refractivity contribution in [1.82, 2.24) is 10.2 Å². The minimum atomic E-state index is -1.34. The first-order valence-electron chi connectivity index (χ1n) is 8.97. The fraction of sp³-hybridized carbons (Fsp3) is 0.579. The monoisotopic (exact) mass is 379 g/mol. The Morgan fingerprint density at radius 1 is 1.38 bits per heavy atom. The topological polar surface area (TPSA) is 95.7 Å². The number of aliphatic hydroxyl groups is 1. The number of benzene rings is 1. The van der Waals surface area contributed by atoms with Crippen LogP contribution in [-0.2, 0) is 16.0 Å². The zero-order chi connectivity index (χ0) is 19.3. The smallest absolute Gasteiger partial charge is 0.254 e. The van der Waals surface area contributed by atoms with Crippen LogP contribution in [0.15, 0.2) is 30.3 Å². The highest BCUT2D eigenvalue weighted by Gasteiger charge is 2.49. The van der Waals surface area contributed by atoms with E-state index in [1.807, 2.05) is 51.1 Å². The first-order valence-corrected chi connectivity index (χ1v) is 9.96. The molecule has 4 N–H and O–H groups in total. The maximum absolute atomic E-state index is 12.9. The van der Waals surface area contributed by atoms with Crippen molar-refractivity contribution >= 4 is 23.6 Å². The van der Waals surface area contributed by atoms with Gasteiger partial charge < -0.3 is 21.1 Å². The molecule has 1 aromatic rings. The molecule has 6 nitrogen and oxygen atoms in total. The van der Waals surface area contributed by atoms with Crippen LogP contribution in [0.3, 0.4) is 0 Å². The van der Waals surface area contributed by atoms with Crippen molar-refractivity contribution in [2.45, 2.75) is 56.5 Å². The molecule has 144 valence electrons. The Morgan fingerprint density at radius 2 is 2.04 bits per heavy atom. The third-order valence-electron chi connectivity index (χ3n) is 4.60. The highest BCUT2D eigenvalue weighted by molar-refractivity contribution is 8.00. The lowest BCUT2D eigenvalue weighted by Gasteiger charge is -2.32. The largest absolute Gasteiger partial charge is 0.382 e. The predicted molar refractivity (Wildman–Crippen MR) is 105 cm³/mol. The summed E-state index contributed by atoms with van der Waals surface area (Å²) in [6, 6.07) is 8.16. The van der Waals surface area contributed by atoms with Crippen LogP contribution in [0.2, 0.25) is 0 Å². The van der Waals surface area contributed by atoms with Gasteiger partial charge in [0.05, 0.1) is 5.88 Å². The molecule has 1 aromatic carbocycles. The molecule has 7 heteroatoms. The summed E-state index contributed by atoms with van der Waals surface area (Å²) in [6.07, 6.45) is -0.124. The number of amides is 2. The molecular weight excluding hydrogens is 350 g/mol. The average Bonchev–Trinajstić information content (AvgIpc) is 2.94. The first kappa shape index (κ1) is 20.7. The first-order chi connectivity index (χ1) is 12.3. The number of hydrogen-bond acceptors (Lipinski definition) is 5. The molecule has 1 saturated heterocycles. The lowest BCUT2D eigenvalue weighted by atomic mass is 9.97. The van der Waals surface area contributed by atoms with Gasteiger partial charge in [-0.15, -0.1) is 11.8 Å². The Morgan fingerprint density at radius 3 is 2.65 bits per heavy atom. The lowest BCUT2D eigenvalue weighted by molar-refractivity contribution is -0.146. The van der Waals surface area contributed by atoms with Gasteiger partial charge in [0.25, 0.3) is 5.91 Å². The second-order valence-corrected chi connectivity index (χ2v) is 8.78. The van der Waals surface area contributed by atoms with Gasteiger partial charge in [-0.05, 0) is 32.3 Å². The summed E-state index contributed by atoms with van der Waals surface area (Å²) in [4.78, 5) is 26.9. The normalized spacial score (nSPS) is 21.3. The standard InChI is InChI=1S/C19H29N3O3S/c1-4-10-21-17(24)16-19(2,3)26-12-22(16)18(25)15(23)14(20)11-13-8-6-5-7-9-13/h5-9,14-16,23H,4,10-12,20H2,1-3H3,(H,21,24)/t14-,15-,16+/m0/s1. The Kier molecular flexibility index (Phi) is 7.08. The van der Waals surface area contributed by atoms with E-state index in [1.165, 1.54) is 16.7 Å². The molecule has 0 bridgehead atoms. The molecule has 0 aromatic heterocycles. The summed E-state index contributed by atoms with van der Waals surface area (Å²) < 4.78 is -0.420. The number of nitrogens with two attached hydrogens (primary N) is 1. The average molecular weight is 380 g/mol. The van der Waals surface area contributed by atoms with Gasteiger partial charge in [0.1, 0.15) is 12.1 Å². The van der Waals surface area contributed by atoms with E-state index < -0.39 is 28.8 Å². The van der Waals surface area contributed by atoms with Gasteiger partial charge in [-0.2, -0.15) is 0 Å². The Bertz CT molecular complexity index is 624. The molecule has 1 fully saturated rings. The van der Waals surface area contributed by atoms with E-state index in [0.717, 1.165) is 12.0 Å². The number of aliphatic hydroxyl groups excluding tert-OH is 1. The number of rotatable bonds is 7. The number of thioether (sulfide) groups is 1. The van der Waals surface area contributed by atoms with Gasteiger partial charge in [-0.3, -0.25) is 9.59 Å². The van der Waals surface area contributed by atoms with Crippen molar-refractivity contribution in [3.8, 4) is 0 Å². The highest BCUT2D eigenvalue weighted by Crippen LogP contribution is 2.39. The number of carbonyl (C=O) groups is 2. The van der Waals surface area contributed by atoms with E-state index >= 15 is 0 Å². The van der Waals surface area contributed by atoms with Crippen LogP contribution in [-0.4, -0.2) is 57.2 Å². The Labute approximate surface area is 159 Å². The van der Waals surface area contributed by atoms with Crippen molar-refractivity contribution in [3.63, 3.8) is 0 Å². The molecule has 26 heavy (non-hydrogen) atoms. The predicted octanol–water partition coefficient (Wildman–Crippen LogP) is 1.12. The zero-order valence-corrected chi connectivity index (χ0v) is 16.5. The Hall–Kier alpha value is -1.57. The lowest BCUT2D eigenvalue weighted by Crippen LogP contribution is -2.57. The highest BCUT2D eigenvalue weighted by atomic mass is 32.2. The summed E-state index contributed by atoms with van der Waals surface area (Å²) >= 11 is 1.53. The molecule has 1 aliphatic rings. The summed E-state index contributed by atoms with van der Waals surface area (Å²) in [5, 5.41) is 13.4. The van der Waals surface area contributed by atoms with Crippen LogP contribution in [0.5, 0.6) is 0 Å². The van der Waals surface area contributed by atoms with Crippen molar-refractivity contribution in [2.24, 2.45) is 5.73 Å². The second-order valence-electron chi connectivity index (χ2n) is 7.18. The van der Waals surface area contributed by atoms with Crippen LogP contribution >= 0.6 is 11.8 Å². The molecule has 3 atom stereocenters. The maximum atomic E-state index is 12.9. The van der Waals surface area contributed by atoms with Gasteiger partial charge in [-0.25, -0.2) is 0 Å². The molecule has 2 amide bonds. The number of carbonyl (C=O) groups excluding carboxylic acids is 2. The molecule has 1 aliphatic heterocycles. The summed E-state index contributed by atoms with van der Waals surface area (Å²) in [5.74, 6) is -0.298. The van der Waals surface area contributed by atoms with Gasteiger partial charge >= 0.3 is 0 Å². The van der Waals surface area contributed by atoms with E-state index in [1.54, 1.807) is 0 Å². The van der Waals surface area contributed by atoms with Crippen LogP contribution < -0.4 is 11.1 Å². The molecule has 0 radical (unpaired) electrons. The third kappa shape index (κ3) is 4.78. The fourth-order valence-corrected chi connectivity index (χ4v) is 4.25. The van der Waals surface area contributed by atoms with Crippen LogP contribution in [0, 0.1) is 0 Å². The van der Waals surface area contributed by atoms with Crippen molar-refractivity contribution in [2.75, 3.05) is 12.4 Å². The summed E-state index contributed by atoms with van der Waals surface area (Å²) in [5.41, 5.74) is 7.04. The molecule has 1 heterocycles. The van der Waals surface area contributed by atoms with E-state index in [-0.39, 0.29) is 5.91 Å². The zero-order valence-electron chi connectivity index (χ0n) is 15.6. The molecule has 2 rings (SSSR count). The number of nitrogens with one attached hydrogen (secondary N) is 1. The Balaban J connectivity index is 2.09. The second kappa shape index (κ2) is 8.88. The number of nitrogens with zero attached hydrogens (tertiary/aromatic N) is 1. The van der Waals surface area contributed by atoms with Crippen molar-refractivity contribution < 1.29 is 14.7 Å². The molecular formula is C19H29N3O3S. The van der Waals surface area contributed by atoms with Gasteiger partial charge in [0.15, 0.2) is 0 Å². The van der Waals surface area contributed by atoms with Crippen LogP contribution in [0.4, 0.5) is 0 Å². The summed E-state index contributed by atoms with van der Waals surface area (Å²) in [6.45, 7) is 6.42. The minimum Gasteiger partial charge on any atom is -0.382 e. The third-order valence-corrected chi connectivity index (χ3v) is 5.97. The fourth-order valence-electron chi connectivity index (χ4n) is 3.11. The van der Waals surface area contributed by atoms with E-state index in [2.05, 4.69) is 5.32 Å². The van der Waals surface area contributed by atoms with E-state index in [4.69, 9.17) is 5.73 Å². The summed E-state index contributed by atoms with van der Waals surface area (Å²) in [7, 11) is 0. The quantitative estimate of drug-likeness (QED) is 0.660. The maximum Gasteiger partial charge on any atom is 0.254 e. The molecule has 0 unspecified atom stereocenters. The van der Waals surface area contributed by atoms with Gasteiger partial charge in [-0.1, -0.05) is 37.3 Å². The van der Waals surface area contributed by atoms with E-state index in [0.29, 0.717) is 18.8 Å². The molecule has 0 aliphatic carbocycles. The number of hydrogen-bond donors (Lipinski definition) is 3. The minimum absolute atomic E-state index is 0.181. The van der Waals surface area contributed by atoms with Gasteiger partial charge in [0, 0.05) is 17.3 Å². The molecule has 0 saturated carbocycles. The van der Waals surface area contributed by atoms with Crippen LogP contribution in [0.25, 0.3) is 0 Å². The van der Waals surface area contributed by atoms with Crippen molar-refractivity contribution in [1.29, 1.82) is 0 Å². The van der Waals surface area contributed by atoms with Crippen molar-refractivity contribution in [3.05, 3.63) is 35.9 Å². The SMILES string of the molecule is CCCNC(=O)[C@H]1N(C(=O)[C@@H](O)[C@@H](N)Cc2ccccc2)CSC1(C)C. The van der Waals surface area contributed by atoms with E-state index in [9.17, 15) is 14.7 Å². The van der Waals surface area contributed by atoms with Crippen LogP contribution in [0.1, 0.15) is 32.8 Å².